The largest absolute Gasteiger partial charge is 3.00 e. The molecule has 0 fully saturated rings. The predicted octanol–water partition coefficient (Wildman–Crippen LogP) is 7.03. The van der Waals surface area contributed by atoms with Crippen molar-refractivity contribution in [1.82, 2.24) is 24.9 Å². The molecule has 49 heavy (non-hydrogen) atoms. The van der Waals surface area contributed by atoms with Crippen molar-refractivity contribution in [3.8, 4) is 34.0 Å². The number of fused-ring (bicyclic) bond motifs is 3. The van der Waals surface area contributed by atoms with Gasteiger partial charge in [-0.15, -0.1) is 71.8 Å². The second-order valence-electron chi connectivity index (χ2n) is 10.6. The number of rotatable bonds is 3. The van der Waals surface area contributed by atoms with Gasteiger partial charge in [0.1, 0.15) is 5.69 Å². The summed E-state index contributed by atoms with van der Waals surface area (Å²) in [6.07, 6.45) is 1.77. The molecule has 0 saturated heterocycles. The van der Waals surface area contributed by atoms with Crippen LogP contribution in [0.3, 0.4) is 0 Å². The van der Waals surface area contributed by atoms with Crippen LogP contribution in [0.4, 0.5) is 0 Å². The Morgan fingerprint density at radius 2 is 0.939 bits per heavy atom. The summed E-state index contributed by atoms with van der Waals surface area (Å²) in [5.41, 5.74) is 8.94. The van der Waals surface area contributed by atoms with Crippen LogP contribution in [-0.4, -0.2) is 24.9 Å². The van der Waals surface area contributed by atoms with Gasteiger partial charge in [-0.2, -0.15) is 0 Å². The van der Waals surface area contributed by atoms with E-state index in [0.29, 0.717) is 0 Å². The number of imidazole rings is 1. The van der Waals surface area contributed by atoms with Gasteiger partial charge in [-0.25, -0.2) is 4.98 Å². The monoisotopic (exact) mass is 875 g/mol. The number of aromatic amines is 1. The molecule has 9 rings (SSSR count). The second kappa shape index (κ2) is 17.2. The van der Waals surface area contributed by atoms with Gasteiger partial charge in [0.15, 0.2) is 5.82 Å². The Labute approximate surface area is 309 Å². The SMILES string of the molecule is [Br-].[Ir+3].[c-]1ccccc1-c1ccc2ccccc2n1.[c-]1ccccc1-c1ccc2ccccc2n1.c1ccc(-c2nc3ccccc3[nH]2)nc1. The topological polar surface area (TPSA) is 67.3 Å². The van der Waals surface area contributed by atoms with Crippen LogP contribution in [0.25, 0.3) is 66.9 Å². The molecule has 0 aliphatic rings. The summed E-state index contributed by atoms with van der Waals surface area (Å²) in [4.78, 5) is 21.2. The van der Waals surface area contributed by atoms with E-state index >= 15 is 0 Å². The molecule has 9 aromatic rings. The van der Waals surface area contributed by atoms with Crippen molar-refractivity contribution < 1.29 is 37.1 Å². The number of pyridine rings is 3. The number of nitrogens with one attached hydrogen (secondary N) is 1. The average Bonchev–Trinajstić information content (AvgIpc) is 3.61. The first kappa shape index (κ1) is 35.0. The third-order valence-electron chi connectivity index (χ3n) is 7.46. The van der Waals surface area contributed by atoms with Gasteiger partial charge in [-0.05, 0) is 58.6 Å². The zero-order valence-corrected chi connectivity index (χ0v) is 30.1. The fourth-order valence-electron chi connectivity index (χ4n) is 5.11. The van der Waals surface area contributed by atoms with Crippen molar-refractivity contribution in [2.24, 2.45) is 0 Å². The minimum Gasteiger partial charge on any atom is -1.00 e. The molecule has 0 saturated carbocycles. The molecule has 0 aliphatic carbocycles. The van der Waals surface area contributed by atoms with Crippen LogP contribution < -0.4 is 17.0 Å². The number of H-pyrrole nitrogens is 1. The number of nitrogens with zero attached hydrogens (tertiary/aromatic N) is 4. The van der Waals surface area contributed by atoms with Crippen LogP contribution >= 0.6 is 0 Å². The van der Waals surface area contributed by atoms with Gasteiger partial charge in [-0.3, -0.25) is 15.0 Å². The van der Waals surface area contributed by atoms with E-state index in [2.05, 4.69) is 61.3 Å². The maximum atomic E-state index is 4.61. The maximum Gasteiger partial charge on any atom is 3.00 e. The van der Waals surface area contributed by atoms with Crippen molar-refractivity contribution in [3.63, 3.8) is 0 Å². The summed E-state index contributed by atoms with van der Waals surface area (Å²) in [7, 11) is 0. The summed E-state index contributed by atoms with van der Waals surface area (Å²) in [6, 6.07) is 60.5. The Hall–Kier alpha value is -5.33. The Morgan fingerprint density at radius 1 is 0.429 bits per heavy atom. The number of hydrogen-bond donors (Lipinski definition) is 1. The van der Waals surface area contributed by atoms with Gasteiger partial charge in [-0.1, -0.05) is 78.9 Å². The minimum absolute atomic E-state index is 0. The van der Waals surface area contributed by atoms with E-state index < -0.39 is 0 Å². The molecule has 1 N–H and O–H groups in total. The Bertz CT molecular complexity index is 2220. The molecule has 0 aliphatic heterocycles. The van der Waals surface area contributed by atoms with Gasteiger partial charge in [0.05, 0.1) is 22.1 Å². The van der Waals surface area contributed by atoms with Crippen molar-refractivity contribution in [1.29, 1.82) is 0 Å². The second-order valence-corrected chi connectivity index (χ2v) is 10.6. The van der Waals surface area contributed by atoms with E-state index in [-0.39, 0.29) is 37.1 Å². The summed E-state index contributed by atoms with van der Waals surface area (Å²) in [6.45, 7) is 0. The quantitative estimate of drug-likeness (QED) is 0.194. The molecule has 0 unspecified atom stereocenters. The third kappa shape index (κ3) is 8.78. The van der Waals surface area contributed by atoms with Crippen molar-refractivity contribution in [2.45, 2.75) is 0 Å². The van der Waals surface area contributed by atoms with Crippen molar-refractivity contribution in [3.05, 3.63) is 182 Å². The molecule has 0 bridgehead atoms. The summed E-state index contributed by atoms with van der Waals surface area (Å²) < 4.78 is 0. The van der Waals surface area contributed by atoms with Crippen LogP contribution in [0.1, 0.15) is 0 Å². The number of benzene rings is 5. The molecule has 0 spiro atoms. The molecule has 0 amide bonds. The summed E-state index contributed by atoms with van der Waals surface area (Å²) >= 11 is 0. The molecule has 7 heteroatoms. The fourth-order valence-corrected chi connectivity index (χ4v) is 5.11. The van der Waals surface area contributed by atoms with Crippen LogP contribution in [0.2, 0.25) is 0 Å². The molecule has 5 nitrogen and oxygen atoms in total. The van der Waals surface area contributed by atoms with Crippen molar-refractivity contribution in [2.75, 3.05) is 0 Å². The number of halogens is 1. The van der Waals surface area contributed by atoms with E-state index in [4.69, 9.17) is 0 Å². The van der Waals surface area contributed by atoms with Gasteiger partial charge < -0.3 is 22.0 Å². The first-order valence-corrected chi connectivity index (χ1v) is 15.3. The van der Waals surface area contributed by atoms with E-state index in [0.717, 1.165) is 56.1 Å². The van der Waals surface area contributed by atoms with Crippen LogP contribution in [-0.2, 0) is 20.1 Å². The van der Waals surface area contributed by atoms with Crippen LogP contribution in [0, 0.1) is 12.1 Å². The number of para-hydroxylation sites is 4. The standard InChI is InChI=1S/2C15H10N.C12H9N3.BrH.Ir/c2*1-2-6-12(7-3-1)15-11-10-13-8-4-5-9-14(13)16-15;1-2-6-10-9(5-1)14-12(15-10)11-7-3-4-8-13-11;;/h2*1-6,8-11H;1-8H,(H,14,15);1H;/q2*-1;;;+3/p-1. The molecular weight excluding hydrogens is 847 g/mol. The number of aromatic nitrogens is 5. The van der Waals surface area contributed by atoms with Gasteiger partial charge >= 0.3 is 20.1 Å². The molecule has 238 valence electrons. The zero-order valence-electron chi connectivity index (χ0n) is 26.2. The summed E-state index contributed by atoms with van der Waals surface area (Å²) in [5, 5.41) is 2.34. The smallest absolute Gasteiger partial charge is 1.00 e. The molecule has 4 heterocycles. The summed E-state index contributed by atoms with van der Waals surface area (Å²) in [5.74, 6) is 0.816. The molecule has 5 aromatic carbocycles. The maximum absolute atomic E-state index is 4.61. The van der Waals surface area contributed by atoms with E-state index in [1.54, 1.807) is 6.20 Å². The number of hydrogen-bond acceptors (Lipinski definition) is 4. The normalized spacial score (nSPS) is 10.1. The van der Waals surface area contributed by atoms with Gasteiger partial charge in [0.25, 0.3) is 0 Å². The Morgan fingerprint density at radius 3 is 1.45 bits per heavy atom. The third-order valence-corrected chi connectivity index (χ3v) is 7.46. The molecule has 0 atom stereocenters. The molecule has 0 radical (unpaired) electrons. The zero-order chi connectivity index (χ0) is 31.7. The van der Waals surface area contributed by atoms with Gasteiger partial charge in [0.2, 0.25) is 0 Å². The average molecular weight is 876 g/mol. The van der Waals surface area contributed by atoms with Crippen molar-refractivity contribution >= 4 is 32.8 Å². The predicted molar refractivity (Wildman–Crippen MR) is 191 cm³/mol. The fraction of sp³-hybridized carbons (Fsp3) is 0. The minimum atomic E-state index is 0. The Balaban J connectivity index is 0.000000141. The molecule has 4 aromatic heterocycles. The van der Waals surface area contributed by atoms with Crippen LogP contribution in [0.5, 0.6) is 0 Å². The van der Waals surface area contributed by atoms with E-state index in [1.807, 2.05) is 140 Å². The first-order valence-electron chi connectivity index (χ1n) is 15.3. The van der Waals surface area contributed by atoms with E-state index in [9.17, 15) is 0 Å². The first-order chi connectivity index (χ1) is 23.3. The van der Waals surface area contributed by atoms with E-state index in [1.165, 1.54) is 10.8 Å². The molecular formula is C42H29BrIrN5. The van der Waals surface area contributed by atoms with Gasteiger partial charge in [0, 0.05) is 6.20 Å². The van der Waals surface area contributed by atoms with Crippen LogP contribution in [0.15, 0.2) is 170 Å². The Kier molecular flexibility index (Phi) is 12.3.